The minimum atomic E-state index is -1.17. The molecule has 0 spiro atoms. The highest BCUT2D eigenvalue weighted by Crippen LogP contribution is 2.20. The van der Waals surface area contributed by atoms with Crippen LogP contribution in [0, 0.1) is 0 Å². The minimum Gasteiger partial charge on any atom is -0.383 e. The van der Waals surface area contributed by atoms with E-state index in [1.54, 1.807) is 31.0 Å². The number of hydrogen-bond donors (Lipinski definition) is 3. The highest BCUT2D eigenvalue weighted by atomic mass is 16.3. The summed E-state index contributed by atoms with van der Waals surface area (Å²) in [5.41, 5.74) is 0.575. The number of aromatic nitrogens is 2. The Labute approximate surface area is 142 Å². The average molecular weight is 330 g/mol. The Balaban J connectivity index is 1.93. The first kappa shape index (κ1) is 18.0. The van der Waals surface area contributed by atoms with Gasteiger partial charge in [0.15, 0.2) is 0 Å². The first-order valence-corrected chi connectivity index (χ1v) is 8.23. The van der Waals surface area contributed by atoms with Gasteiger partial charge in [-0.25, -0.2) is 4.79 Å². The maximum Gasteiger partial charge on any atom is 0.315 e. The Kier molecular flexibility index (Phi) is 5.98. The van der Waals surface area contributed by atoms with Crippen molar-refractivity contribution in [2.75, 3.05) is 6.54 Å². The van der Waals surface area contributed by atoms with Crippen LogP contribution >= 0.6 is 0 Å². The van der Waals surface area contributed by atoms with Gasteiger partial charge in [-0.15, -0.1) is 0 Å². The molecule has 130 valence electrons. The van der Waals surface area contributed by atoms with Crippen molar-refractivity contribution in [2.45, 2.75) is 38.3 Å². The molecule has 1 aromatic heterocycles. The van der Waals surface area contributed by atoms with Gasteiger partial charge in [-0.3, -0.25) is 4.68 Å². The molecular formula is C18H26N4O2. The van der Waals surface area contributed by atoms with E-state index in [1.165, 1.54) is 0 Å². The predicted molar refractivity (Wildman–Crippen MR) is 93.4 cm³/mol. The second-order valence-electron chi connectivity index (χ2n) is 6.26. The molecule has 6 heteroatoms. The molecule has 6 nitrogen and oxygen atoms in total. The van der Waals surface area contributed by atoms with Crippen LogP contribution in [-0.4, -0.2) is 27.5 Å². The van der Waals surface area contributed by atoms with Crippen molar-refractivity contribution in [1.29, 1.82) is 0 Å². The summed E-state index contributed by atoms with van der Waals surface area (Å²) in [6.45, 7) is 3.85. The molecular weight excluding hydrogens is 304 g/mol. The van der Waals surface area contributed by atoms with Crippen LogP contribution in [0.5, 0.6) is 0 Å². The zero-order chi connectivity index (χ0) is 17.6. The van der Waals surface area contributed by atoms with Crippen molar-refractivity contribution in [3.05, 3.63) is 53.9 Å². The molecule has 1 heterocycles. The van der Waals surface area contributed by atoms with Gasteiger partial charge in [0.25, 0.3) is 0 Å². The lowest BCUT2D eigenvalue weighted by Gasteiger charge is -2.24. The van der Waals surface area contributed by atoms with Gasteiger partial charge in [-0.1, -0.05) is 43.7 Å². The Morgan fingerprint density at radius 3 is 2.67 bits per heavy atom. The van der Waals surface area contributed by atoms with Crippen LogP contribution in [-0.2, 0) is 12.6 Å². The lowest BCUT2D eigenvalue weighted by molar-refractivity contribution is 0.0591. The lowest BCUT2D eigenvalue weighted by atomic mass is 10.00. The molecule has 3 N–H and O–H groups in total. The quantitative estimate of drug-likeness (QED) is 0.730. The number of aryl methyl sites for hydroxylation is 1. The van der Waals surface area contributed by atoms with E-state index in [0.29, 0.717) is 5.56 Å². The Morgan fingerprint density at radius 2 is 2.08 bits per heavy atom. The van der Waals surface area contributed by atoms with Crippen molar-refractivity contribution in [3.63, 3.8) is 0 Å². The molecule has 24 heavy (non-hydrogen) atoms. The highest BCUT2D eigenvalue weighted by molar-refractivity contribution is 5.74. The van der Waals surface area contributed by atoms with Gasteiger partial charge in [0, 0.05) is 18.8 Å². The van der Waals surface area contributed by atoms with Crippen LogP contribution < -0.4 is 10.6 Å². The fourth-order valence-electron chi connectivity index (χ4n) is 2.56. The summed E-state index contributed by atoms with van der Waals surface area (Å²) in [5, 5.41) is 20.3. The second kappa shape index (κ2) is 7.97. The Hall–Kier alpha value is -2.34. The summed E-state index contributed by atoms with van der Waals surface area (Å²) in [7, 11) is 1.79. The first-order valence-electron chi connectivity index (χ1n) is 8.23. The topological polar surface area (TPSA) is 79.2 Å². The molecule has 0 aliphatic carbocycles. The Bertz CT molecular complexity index is 652. The first-order chi connectivity index (χ1) is 11.4. The molecule has 0 fully saturated rings. The fraction of sp³-hybridized carbons (Fsp3) is 0.444. The molecule has 0 aliphatic rings. The van der Waals surface area contributed by atoms with Crippen LogP contribution in [0.3, 0.4) is 0 Å². The summed E-state index contributed by atoms with van der Waals surface area (Å²) in [4.78, 5) is 12.2. The monoisotopic (exact) mass is 330 g/mol. The highest BCUT2D eigenvalue weighted by Gasteiger charge is 2.25. The number of nitrogens with one attached hydrogen (secondary N) is 2. The van der Waals surface area contributed by atoms with E-state index >= 15 is 0 Å². The molecule has 1 aromatic carbocycles. The van der Waals surface area contributed by atoms with Crippen molar-refractivity contribution in [2.24, 2.45) is 7.05 Å². The molecule has 0 unspecified atom stereocenters. The van der Waals surface area contributed by atoms with Gasteiger partial charge in [0.2, 0.25) is 0 Å². The van der Waals surface area contributed by atoms with Crippen molar-refractivity contribution in [3.8, 4) is 0 Å². The van der Waals surface area contributed by atoms with Crippen molar-refractivity contribution in [1.82, 2.24) is 20.4 Å². The number of carbonyl (C=O) groups is 1. The summed E-state index contributed by atoms with van der Waals surface area (Å²) >= 11 is 0. The van der Waals surface area contributed by atoms with Gasteiger partial charge >= 0.3 is 6.03 Å². The van der Waals surface area contributed by atoms with Gasteiger partial charge in [-0.05, 0) is 18.9 Å². The largest absolute Gasteiger partial charge is 0.383 e. The van der Waals surface area contributed by atoms with Crippen molar-refractivity contribution < 1.29 is 9.90 Å². The number of benzene rings is 1. The molecule has 0 aliphatic heterocycles. The molecule has 2 rings (SSSR count). The van der Waals surface area contributed by atoms with Crippen LogP contribution in [0.1, 0.15) is 43.9 Å². The maximum atomic E-state index is 12.2. The molecule has 2 atom stereocenters. The molecule has 0 saturated heterocycles. The molecule has 0 bridgehead atoms. The third-order valence-electron chi connectivity index (χ3n) is 4.00. The number of rotatable bonds is 7. The molecule has 0 radical (unpaired) electrons. The van der Waals surface area contributed by atoms with Gasteiger partial charge in [0.05, 0.1) is 18.8 Å². The van der Waals surface area contributed by atoms with E-state index < -0.39 is 5.60 Å². The molecule has 2 aromatic rings. The van der Waals surface area contributed by atoms with Gasteiger partial charge < -0.3 is 15.7 Å². The second-order valence-corrected chi connectivity index (χ2v) is 6.26. The normalized spacial score (nSPS) is 14.7. The number of nitrogens with zero attached hydrogens (tertiary/aromatic N) is 2. The van der Waals surface area contributed by atoms with E-state index in [0.717, 1.165) is 18.4 Å². The number of carbonyl (C=O) groups excluding carboxylic acids is 1. The van der Waals surface area contributed by atoms with E-state index in [1.807, 2.05) is 30.3 Å². The number of hydrogen-bond acceptors (Lipinski definition) is 3. The van der Waals surface area contributed by atoms with Crippen LogP contribution in [0.15, 0.2) is 42.7 Å². The molecule has 2 amide bonds. The summed E-state index contributed by atoms with van der Waals surface area (Å²) < 4.78 is 1.62. The van der Waals surface area contributed by atoms with Crippen molar-refractivity contribution >= 4 is 6.03 Å². The Morgan fingerprint density at radius 1 is 1.38 bits per heavy atom. The minimum absolute atomic E-state index is 0.0421. The van der Waals surface area contributed by atoms with E-state index in [9.17, 15) is 9.90 Å². The SMILES string of the molecule is CCC[C@@H](NC(=O)NC[C@](C)(O)c1cnn(C)c1)c1ccccc1. The zero-order valence-corrected chi connectivity index (χ0v) is 14.5. The smallest absolute Gasteiger partial charge is 0.315 e. The summed E-state index contributed by atoms with van der Waals surface area (Å²) in [6, 6.07) is 9.56. The third kappa shape index (κ3) is 4.83. The predicted octanol–water partition coefficient (Wildman–Crippen LogP) is 2.47. The van der Waals surface area contributed by atoms with Crippen LogP contribution in [0.2, 0.25) is 0 Å². The number of urea groups is 1. The van der Waals surface area contributed by atoms with E-state index in [-0.39, 0.29) is 18.6 Å². The lowest BCUT2D eigenvalue weighted by Crippen LogP contribution is -2.44. The zero-order valence-electron chi connectivity index (χ0n) is 14.5. The number of aliphatic hydroxyl groups is 1. The van der Waals surface area contributed by atoms with Gasteiger partial charge in [0.1, 0.15) is 5.60 Å². The summed E-state index contributed by atoms with van der Waals surface area (Å²) in [5.74, 6) is 0. The van der Waals surface area contributed by atoms with Crippen LogP contribution in [0.25, 0.3) is 0 Å². The number of amides is 2. The maximum absolute atomic E-state index is 12.2. The van der Waals surface area contributed by atoms with Gasteiger partial charge in [-0.2, -0.15) is 5.10 Å². The summed E-state index contributed by atoms with van der Waals surface area (Å²) in [6.07, 6.45) is 5.16. The van der Waals surface area contributed by atoms with Crippen LogP contribution in [0.4, 0.5) is 4.79 Å². The van der Waals surface area contributed by atoms with E-state index in [4.69, 9.17) is 0 Å². The van der Waals surface area contributed by atoms with E-state index in [2.05, 4.69) is 22.7 Å². The fourth-order valence-corrected chi connectivity index (χ4v) is 2.56. The average Bonchev–Trinajstić information content (AvgIpc) is 3.01. The molecule has 0 saturated carbocycles. The third-order valence-corrected chi connectivity index (χ3v) is 4.00. The standard InChI is InChI=1S/C18H26N4O2/c1-4-8-16(14-9-6-5-7-10-14)21-17(23)19-13-18(2,24)15-11-20-22(3)12-15/h5-7,9-12,16,24H,4,8,13H2,1-3H3,(H2,19,21,23)/t16-,18+/m1/s1.